The highest BCUT2D eigenvalue weighted by atomic mass is 28.3. The molecule has 0 spiro atoms. The molecule has 0 atom stereocenters. The van der Waals surface area contributed by atoms with Gasteiger partial charge in [-0.05, 0) is 10.8 Å². The van der Waals surface area contributed by atoms with Crippen LogP contribution < -0.4 is 5.32 Å². The monoisotopic (exact) mass is 189 g/mol. The summed E-state index contributed by atoms with van der Waals surface area (Å²) in [5.41, 5.74) is 0. The average molecular weight is 189 g/mol. The van der Waals surface area contributed by atoms with Gasteiger partial charge in [0.1, 0.15) is 0 Å². The maximum atomic E-state index is 3.42. The number of hydrogen-bond acceptors (Lipinski definition) is 0. The summed E-state index contributed by atoms with van der Waals surface area (Å²) in [5.74, 6) is 0. The van der Waals surface area contributed by atoms with Gasteiger partial charge < -0.3 is 4.98 Å². The first-order valence-corrected chi connectivity index (χ1v) is 8.15. The second kappa shape index (κ2) is 2.74. The van der Waals surface area contributed by atoms with Crippen LogP contribution in [0.2, 0.25) is 19.6 Å². The normalized spacial score (nSPS) is 12.2. The maximum absolute atomic E-state index is 3.42. The van der Waals surface area contributed by atoms with Gasteiger partial charge in [-0.2, -0.15) is 0 Å². The van der Waals surface area contributed by atoms with Gasteiger partial charge in [0.25, 0.3) is 0 Å². The number of rotatable bonds is 1. The Labute approximate surface area is 79.8 Å². The second-order valence-corrected chi connectivity index (χ2v) is 9.50. The van der Waals surface area contributed by atoms with Crippen molar-refractivity contribution in [2.45, 2.75) is 19.6 Å². The molecule has 1 nitrogen and oxygen atoms in total. The van der Waals surface area contributed by atoms with Crippen LogP contribution in [0.5, 0.6) is 0 Å². The first kappa shape index (κ1) is 8.57. The Morgan fingerprint density at radius 2 is 1.77 bits per heavy atom. The highest BCUT2D eigenvalue weighted by Crippen LogP contribution is 2.14. The molecule has 0 bridgehead atoms. The summed E-state index contributed by atoms with van der Waals surface area (Å²) < 4.78 is 0. The summed E-state index contributed by atoms with van der Waals surface area (Å²) >= 11 is 0. The number of nitrogens with one attached hydrogen (secondary N) is 1. The van der Waals surface area contributed by atoms with Crippen LogP contribution in [0.15, 0.2) is 30.5 Å². The molecule has 0 saturated carbocycles. The van der Waals surface area contributed by atoms with E-state index in [1.807, 2.05) is 0 Å². The highest BCUT2D eigenvalue weighted by Gasteiger charge is 2.20. The van der Waals surface area contributed by atoms with Gasteiger partial charge in [-0.3, -0.25) is 0 Å². The van der Waals surface area contributed by atoms with Crippen molar-refractivity contribution in [2.75, 3.05) is 0 Å². The average Bonchev–Trinajstić information content (AvgIpc) is 2.45. The van der Waals surface area contributed by atoms with Gasteiger partial charge in [0, 0.05) is 11.5 Å². The van der Waals surface area contributed by atoms with Crippen molar-refractivity contribution in [1.29, 1.82) is 0 Å². The zero-order valence-corrected chi connectivity index (χ0v) is 9.39. The molecule has 0 amide bonds. The Kier molecular flexibility index (Phi) is 1.80. The fraction of sp³-hybridized carbons (Fsp3) is 0.273. The molecule has 1 N–H and O–H groups in total. The molecule has 1 aromatic carbocycles. The van der Waals surface area contributed by atoms with Crippen molar-refractivity contribution in [3.63, 3.8) is 0 Å². The van der Waals surface area contributed by atoms with Crippen molar-refractivity contribution in [3.8, 4) is 0 Å². The number of H-pyrrole nitrogens is 1. The molecule has 0 radical (unpaired) electrons. The smallest absolute Gasteiger partial charge is 0.0989 e. The maximum Gasteiger partial charge on any atom is 0.0989 e. The number of aromatic amines is 1. The van der Waals surface area contributed by atoms with Gasteiger partial charge in [0.05, 0.1) is 8.07 Å². The Balaban J connectivity index is 2.72. The molecule has 0 aliphatic rings. The van der Waals surface area contributed by atoms with E-state index >= 15 is 0 Å². The molecule has 0 aliphatic carbocycles. The van der Waals surface area contributed by atoms with E-state index in [0.717, 1.165) is 0 Å². The van der Waals surface area contributed by atoms with E-state index in [0.29, 0.717) is 0 Å². The van der Waals surface area contributed by atoms with Crippen molar-refractivity contribution in [2.24, 2.45) is 0 Å². The van der Waals surface area contributed by atoms with Crippen LogP contribution in [-0.2, 0) is 0 Å². The predicted octanol–water partition coefficient (Wildman–Crippen LogP) is 2.71. The molecule has 0 saturated heterocycles. The number of fused-ring (bicyclic) bond motifs is 1. The summed E-state index contributed by atoms with van der Waals surface area (Å²) in [7, 11) is -1.20. The molecule has 2 aromatic rings. The Bertz CT molecular complexity index is 423. The summed E-state index contributed by atoms with van der Waals surface area (Å²) in [6.07, 6.45) is 2.11. The quantitative estimate of drug-likeness (QED) is 0.664. The SMILES string of the molecule is C[Si](C)(C)c1[nH]cc2ccccc12. The van der Waals surface area contributed by atoms with E-state index < -0.39 is 8.07 Å². The van der Waals surface area contributed by atoms with Crippen molar-refractivity contribution >= 4 is 24.2 Å². The lowest BCUT2D eigenvalue weighted by atomic mass is 10.2. The summed E-state index contributed by atoms with van der Waals surface area (Å²) in [4.78, 5) is 3.42. The van der Waals surface area contributed by atoms with E-state index in [2.05, 4.69) is 55.1 Å². The van der Waals surface area contributed by atoms with E-state index in [4.69, 9.17) is 0 Å². The molecule has 1 heterocycles. The van der Waals surface area contributed by atoms with Crippen LogP contribution in [0.4, 0.5) is 0 Å². The summed E-state index contributed by atoms with van der Waals surface area (Å²) in [5, 5.41) is 4.20. The van der Waals surface area contributed by atoms with Gasteiger partial charge in [-0.25, -0.2) is 0 Å². The van der Waals surface area contributed by atoms with Crippen LogP contribution in [0.25, 0.3) is 10.8 Å². The van der Waals surface area contributed by atoms with Crippen LogP contribution in [0.1, 0.15) is 0 Å². The Morgan fingerprint density at radius 1 is 1.08 bits per heavy atom. The Hall–Kier alpha value is -1.02. The number of aromatic nitrogens is 1. The topological polar surface area (TPSA) is 15.8 Å². The molecule has 0 aliphatic heterocycles. The molecule has 1 aromatic heterocycles. The van der Waals surface area contributed by atoms with Crippen LogP contribution >= 0.6 is 0 Å². The first-order chi connectivity index (χ1) is 6.09. The standard InChI is InChI=1S/C11H15NSi/c1-13(2,3)11-10-7-5-4-6-9(10)8-12-11/h4-8,12H,1-3H3. The molecule has 68 valence electrons. The fourth-order valence-corrected chi connectivity index (χ4v) is 3.24. The predicted molar refractivity (Wildman–Crippen MR) is 61.3 cm³/mol. The highest BCUT2D eigenvalue weighted by molar-refractivity contribution is 6.89. The summed E-state index contributed by atoms with van der Waals surface area (Å²) in [6, 6.07) is 8.57. The lowest BCUT2D eigenvalue weighted by molar-refractivity contribution is 1.45. The number of benzene rings is 1. The van der Waals surface area contributed by atoms with E-state index in [1.54, 1.807) is 0 Å². The van der Waals surface area contributed by atoms with Crippen LogP contribution in [-0.4, -0.2) is 13.1 Å². The van der Waals surface area contributed by atoms with Gasteiger partial charge in [0.2, 0.25) is 0 Å². The second-order valence-electron chi connectivity index (χ2n) is 4.50. The zero-order chi connectivity index (χ0) is 9.47. The van der Waals surface area contributed by atoms with E-state index in [1.165, 1.54) is 16.1 Å². The van der Waals surface area contributed by atoms with Crippen molar-refractivity contribution < 1.29 is 0 Å². The number of hydrogen-bond donors (Lipinski definition) is 1. The third kappa shape index (κ3) is 1.42. The van der Waals surface area contributed by atoms with E-state index in [9.17, 15) is 0 Å². The van der Waals surface area contributed by atoms with Gasteiger partial charge in [0.15, 0.2) is 0 Å². The summed E-state index contributed by atoms with van der Waals surface area (Å²) in [6.45, 7) is 7.10. The molecule has 13 heavy (non-hydrogen) atoms. The molecular formula is C11H15NSi. The third-order valence-electron chi connectivity index (χ3n) is 2.35. The zero-order valence-electron chi connectivity index (χ0n) is 8.39. The van der Waals surface area contributed by atoms with Crippen molar-refractivity contribution in [1.82, 2.24) is 4.98 Å². The van der Waals surface area contributed by atoms with Gasteiger partial charge in [-0.1, -0.05) is 43.9 Å². The first-order valence-electron chi connectivity index (χ1n) is 4.65. The molecule has 2 rings (SSSR count). The van der Waals surface area contributed by atoms with Crippen LogP contribution in [0.3, 0.4) is 0 Å². The lowest BCUT2D eigenvalue weighted by Crippen LogP contribution is -2.38. The lowest BCUT2D eigenvalue weighted by Gasteiger charge is -2.14. The van der Waals surface area contributed by atoms with Crippen molar-refractivity contribution in [3.05, 3.63) is 30.5 Å². The minimum atomic E-state index is -1.20. The minimum Gasteiger partial charge on any atom is -0.368 e. The third-order valence-corrected chi connectivity index (χ3v) is 4.27. The van der Waals surface area contributed by atoms with Gasteiger partial charge >= 0.3 is 0 Å². The fourth-order valence-electron chi connectivity index (χ4n) is 1.70. The molecule has 0 fully saturated rings. The minimum absolute atomic E-state index is 1.20. The molecular weight excluding hydrogens is 174 g/mol. The van der Waals surface area contributed by atoms with Gasteiger partial charge in [-0.15, -0.1) is 0 Å². The Morgan fingerprint density at radius 3 is 2.46 bits per heavy atom. The largest absolute Gasteiger partial charge is 0.368 e. The van der Waals surface area contributed by atoms with E-state index in [-0.39, 0.29) is 0 Å². The molecule has 0 unspecified atom stereocenters. The van der Waals surface area contributed by atoms with Crippen LogP contribution in [0, 0.1) is 0 Å². The molecule has 2 heteroatoms.